The number of aromatic nitrogens is 1. The Labute approximate surface area is 314 Å². The number of thioether (sulfide) groups is 1. The van der Waals surface area contributed by atoms with Crippen molar-refractivity contribution in [3.63, 3.8) is 0 Å². The first kappa shape index (κ1) is 31.5. The summed E-state index contributed by atoms with van der Waals surface area (Å²) in [5, 5.41) is 1.33. The standard InChI is InChI=1S/C49H37NS2/c1-2-3-4-14-31-50-42-25-11-8-19-37(42)38-22-15-21-36(48(38)50)34-29-30-41-46(32-34)52-45-28-16-20-35(33-17-6-5-7-18-33)47(45)49(41)39-23-9-12-26-43(39)51-44-27-13-10-24-40(44)49/h2-10,12-24,26-28,31-32H,1,11,25,29-30H2/b4-3-,31-14-. The van der Waals surface area contributed by atoms with E-state index in [0.29, 0.717) is 0 Å². The van der Waals surface area contributed by atoms with Crippen molar-refractivity contribution in [1.29, 1.82) is 0 Å². The monoisotopic (exact) mass is 703 g/mol. The highest BCUT2D eigenvalue weighted by Gasteiger charge is 2.51. The molecule has 6 aromatic rings. The van der Waals surface area contributed by atoms with Crippen LogP contribution in [0.2, 0.25) is 0 Å². The molecule has 10 rings (SSSR count). The van der Waals surface area contributed by atoms with Crippen LogP contribution in [-0.4, -0.2) is 4.57 Å². The maximum absolute atomic E-state index is 3.86. The van der Waals surface area contributed by atoms with Gasteiger partial charge in [0, 0.05) is 48.0 Å². The number of fused-ring (bicyclic) bond motifs is 10. The molecule has 4 aliphatic rings. The molecule has 0 fully saturated rings. The van der Waals surface area contributed by atoms with E-state index in [4.69, 9.17) is 0 Å². The lowest BCUT2D eigenvalue weighted by Crippen LogP contribution is -2.38. The molecule has 1 aromatic heterocycles. The van der Waals surface area contributed by atoms with Crippen LogP contribution in [0.1, 0.15) is 52.8 Å². The van der Waals surface area contributed by atoms with Gasteiger partial charge in [0.25, 0.3) is 0 Å². The van der Waals surface area contributed by atoms with Gasteiger partial charge in [0.1, 0.15) is 0 Å². The third-order valence-corrected chi connectivity index (χ3v) is 13.4. The third kappa shape index (κ3) is 4.72. The lowest BCUT2D eigenvalue weighted by atomic mass is 9.60. The van der Waals surface area contributed by atoms with Gasteiger partial charge in [0.05, 0.1) is 10.9 Å². The van der Waals surface area contributed by atoms with Crippen LogP contribution in [0.15, 0.2) is 183 Å². The Hall–Kier alpha value is -5.22. The highest BCUT2D eigenvalue weighted by molar-refractivity contribution is 8.03. The van der Waals surface area contributed by atoms with Crippen LogP contribution in [0, 0.1) is 0 Å². The smallest absolute Gasteiger partial charge is 0.0714 e. The molecule has 1 nitrogen and oxygen atoms in total. The van der Waals surface area contributed by atoms with Gasteiger partial charge in [0.2, 0.25) is 0 Å². The summed E-state index contributed by atoms with van der Waals surface area (Å²) < 4.78 is 2.46. The van der Waals surface area contributed by atoms with Crippen molar-refractivity contribution in [1.82, 2.24) is 4.57 Å². The molecule has 1 spiro atoms. The van der Waals surface area contributed by atoms with E-state index < -0.39 is 5.41 Å². The second-order valence-corrected chi connectivity index (χ2v) is 16.0. The quantitative estimate of drug-likeness (QED) is 0.165. The molecule has 0 unspecified atom stereocenters. The van der Waals surface area contributed by atoms with E-state index in [9.17, 15) is 0 Å². The third-order valence-electron chi connectivity index (χ3n) is 11.1. The van der Waals surface area contributed by atoms with E-state index in [1.165, 1.54) is 86.3 Å². The average Bonchev–Trinajstić information content (AvgIpc) is 3.53. The molecule has 0 atom stereocenters. The molecule has 0 N–H and O–H groups in total. The molecule has 2 aliphatic carbocycles. The first-order valence-corrected chi connectivity index (χ1v) is 19.9. The van der Waals surface area contributed by atoms with E-state index in [0.717, 1.165) is 25.7 Å². The summed E-state index contributed by atoms with van der Waals surface area (Å²) >= 11 is 3.89. The second kappa shape index (κ2) is 12.8. The molecular formula is C49H37NS2. The van der Waals surface area contributed by atoms with Gasteiger partial charge in [-0.2, -0.15) is 0 Å². The molecule has 0 saturated heterocycles. The molecule has 5 aromatic carbocycles. The van der Waals surface area contributed by atoms with Gasteiger partial charge in [-0.1, -0.05) is 158 Å². The molecule has 3 heteroatoms. The van der Waals surface area contributed by atoms with Gasteiger partial charge in [-0.25, -0.2) is 0 Å². The fourth-order valence-corrected chi connectivity index (χ4v) is 11.6. The summed E-state index contributed by atoms with van der Waals surface area (Å²) in [5.74, 6) is 0. The summed E-state index contributed by atoms with van der Waals surface area (Å²) in [5.41, 5.74) is 14.8. The lowest BCUT2D eigenvalue weighted by molar-refractivity contribution is 0.633. The predicted octanol–water partition coefficient (Wildman–Crippen LogP) is 13.5. The van der Waals surface area contributed by atoms with E-state index >= 15 is 0 Å². The molecule has 0 amide bonds. The SMILES string of the molecule is C=C/C=C\C=C/n1c2c(c3cccc(C4=CC5=C(CC4)C4(c6ccccc6Sc6ccccc64)c4c(cccc4-c4ccccc4)S5)c31)C=CCC2. The van der Waals surface area contributed by atoms with E-state index in [-0.39, 0.29) is 0 Å². The molecule has 0 saturated carbocycles. The van der Waals surface area contributed by atoms with Crippen LogP contribution in [0.5, 0.6) is 0 Å². The minimum Gasteiger partial charge on any atom is -0.319 e. The number of rotatable bonds is 5. The number of allylic oxidation sites excluding steroid dienone is 8. The van der Waals surface area contributed by atoms with Crippen molar-refractivity contribution in [2.75, 3.05) is 0 Å². The molecular weight excluding hydrogens is 667 g/mol. The van der Waals surface area contributed by atoms with Gasteiger partial charge in [-0.15, -0.1) is 0 Å². The zero-order valence-electron chi connectivity index (χ0n) is 28.9. The minimum absolute atomic E-state index is 0.404. The Morgan fingerprint density at radius 3 is 2.19 bits per heavy atom. The van der Waals surface area contributed by atoms with Crippen molar-refractivity contribution in [2.45, 2.75) is 45.8 Å². The first-order valence-electron chi connectivity index (χ1n) is 18.2. The average molecular weight is 704 g/mol. The van der Waals surface area contributed by atoms with Crippen LogP contribution in [0.4, 0.5) is 0 Å². The van der Waals surface area contributed by atoms with Crippen molar-refractivity contribution in [2.24, 2.45) is 0 Å². The molecule has 0 radical (unpaired) electrons. The molecule has 52 heavy (non-hydrogen) atoms. The highest BCUT2D eigenvalue weighted by Crippen LogP contribution is 2.65. The van der Waals surface area contributed by atoms with Crippen molar-refractivity contribution < 1.29 is 0 Å². The summed E-state index contributed by atoms with van der Waals surface area (Å²) in [6, 6.07) is 43.3. The summed E-state index contributed by atoms with van der Waals surface area (Å²) in [7, 11) is 0. The number of hydrogen-bond acceptors (Lipinski definition) is 2. The second-order valence-electron chi connectivity index (χ2n) is 13.8. The van der Waals surface area contributed by atoms with Crippen LogP contribution in [-0.2, 0) is 11.8 Å². The molecule has 3 heterocycles. The van der Waals surface area contributed by atoms with Gasteiger partial charge in [0.15, 0.2) is 0 Å². The van der Waals surface area contributed by atoms with Crippen LogP contribution in [0.25, 0.3) is 39.9 Å². The summed E-state index contributed by atoms with van der Waals surface area (Å²) in [6.07, 6.45) is 21.6. The zero-order valence-corrected chi connectivity index (χ0v) is 30.5. The van der Waals surface area contributed by atoms with Crippen molar-refractivity contribution >= 4 is 52.3 Å². The van der Waals surface area contributed by atoms with Crippen LogP contribution in [0.3, 0.4) is 0 Å². The molecule has 250 valence electrons. The lowest BCUT2D eigenvalue weighted by Gasteiger charge is -2.48. The predicted molar refractivity (Wildman–Crippen MR) is 223 cm³/mol. The summed E-state index contributed by atoms with van der Waals surface area (Å²) in [6.45, 7) is 3.86. The number of benzene rings is 5. The van der Waals surface area contributed by atoms with Crippen molar-refractivity contribution in [3.05, 3.63) is 202 Å². The Morgan fingerprint density at radius 2 is 1.38 bits per heavy atom. The summed E-state index contributed by atoms with van der Waals surface area (Å²) in [4.78, 5) is 5.43. The van der Waals surface area contributed by atoms with Crippen LogP contribution < -0.4 is 0 Å². The molecule has 2 aliphatic heterocycles. The topological polar surface area (TPSA) is 4.93 Å². The fraction of sp³-hybridized carbons (Fsp3) is 0.102. The minimum atomic E-state index is -0.404. The number of hydrogen-bond donors (Lipinski definition) is 0. The Kier molecular flexibility index (Phi) is 7.74. The zero-order chi connectivity index (χ0) is 34.6. The van der Waals surface area contributed by atoms with Crippen LogP contribution >= 0.6 is 23.5 Å². The first-order chi connectivity index (χ1) is 25.8. The van der Waals surface area contributed by atoms with Crippen molar-refractivity contribution in [3.8, 4) is 11.1 Å². The largest absolute Gasteiger partial charge is 0.319 e. The van der Waals surface area contributed by atoms with Gasteiger partial charge < -0.3 is 4.57 Å². The Morgan fingerprint density at radius 1 is 0.654 bits per heavy atom. The van der Waals surface area contributed by atoms with Gasteiger partial charge in [-0.05, 0) is 95.0 Å². The van der Waals surface area contributed by atoms with E-state index in [1.54, 1.807) is 0 Å². The normalized spacial score (nSPS) is 16.8. The number of nitrogens with zero attached hydrogens (tertiary/aromatic N) is 1. The van der Waals surface area contributed by atoms with Gasteiger partial charge >= 0.3 is 0 Å². The number of para-hydroxylation sites is 1. The van der Waals surface area contributed by atoms with Gasteiger partial charge in [-0.3, -0.25) is 0 Å². The fourth-order valence-electron chi connectivity index (χ4n) is 9.10. The Balaban J connectivity index is 1.25. The maximum atomic E-state index is 3.86. The highest BCUT2D eigenvalue weighted by atomic mass is 32.2. The Bertz CT molecular complexity index is 2540. The van der Waals surface area contributed by atoms with E-state index in [1.807, 2.05) is 35.7 Å². The molecule has 0 bridgehead atoms. The maximum Gasteiger partial charge on any atom is 0.0714 e. The van der Waals surface area contributed by atoms with E-state index in [2.05, 4.69) is 163 Å².